The van der Waals surface area contributed by atoms with Gasteiger partial charge in [0.05, 0.1) is 6.21 Å². The Labute approximate surface area is 171 Å². The molecule has 0 heterocycles. The Balaban J connectivity index is 1.43. The van der Waals surface area contributed by atoms with Crippen molar-refractivity contribution < 1.29 is 14.3 Å². The van der Waals surface area contributed by atoms with Crippen LogP contribution in [0.15, 0.2) is 77.9 Å². The lowest BCUT2D eigenvalue weighted by molar-refractivity contribution is -0.123. The topological polar surface area (TPSA) is 59.9 Å². The number of rotatable bonds is 8. The Bertz CT molecular complexity index is 981. The summed E-state index contributed by atoms with van der Waals surface area (Å²) in [4.78, 5) is 11.8. The van der Waals surface area contributed by atoms with E-state index in [1.165, 1.54) is 5.56 Å². The van der Waals surface area contributed by atoms with E-state index in [0.29, 0.717) is 12.4 Å². The van der Waals surface area contributed by atoms with E-state index in [0.717, 1.165) is 22.4 Å². The van der Waals surface area contributed by atoms with Crippen molar-refractivity contribution in [2.45, 2.75) is 20.5 Å². The minimum atomic E-state index is -0.317. The zero-order valence-electron chi connectivity index (χ0n) is 16.6. The van der Waals surface area contributed by atoms with Gasteiger partial charge in [-0.3, -0.25) is 4.79 Å². The normalized spacial score (nSPS) is 10.7. The zero-order valence-corrected chi connectivity index (χ0v) is 16.6. The number of hydrazone groups is 1. The molecule has 0 radical (unpaired) electrons. The summed E-state index contributed by atoms with van der Waals surface area (Å²) < 4.78 is 11.3. The third kappa shape index (κ3) is 6.50. The van der Waals surface area contributed by atoms with Crippen LogP contribution < -0.4 is 14.9 Å². The number of nitrogens with one attached hydrogen (secondary N) is 1. The van der Waals surface area contributed by atoms with Crippen molar-refractivity contribution in [3.8, 4) is 11.5 Å². The number of hydrogen-bond donors (Lipinski definition) is 1. The maximum atomic E-state index is 11.8. The van der Waals surface area contributed by atoms with Crippen LogP contribution >= 0.6 is 0 Å². The highest BCUT2D eigenvalue weighted by Gasteiger charge is 2.03. The van der Waals surface area contributed by atoms with Crippen LogP contribution in [-0.4, -0.2) is 18.7 Å². The summed E-state index contributed by atoms with van der Waals surface area (Å²) >= 11 is 0. The summed E-state index contributed by atoms with van der Waals surface area (Å²) in [5, 5.41) is 3.96. The number of carbonyl (C=O) groups excluding carboxylic acids is 1. The molecule has 0 aliphatic heterocycles. The Hall–Kier alpha value is -3.60. The van der Waals surface area contributed by atoms with Crippen LogP contribution in [-0.2, 0) is 11.4 Å². The van der Waals surface area contributed by atoms with Crippen molar-refractivity contribution in [3.05, 3.63) is 95.1 Å². The smallest absolute Gasteiger partial charge is 0.277 e. The van der Waals surface area contributed by atoms with Crippen LogP contribution in [0.2, 0.25) is 0 Å². The van der Waals surface area contributed by atoms with Gasteiger partial charge in [-0.2, -0.15) is 5.10 Å². The predicted octanol–water partition coefficient (Wildman–Crippen LogP) is 4.41. The molecule has 3 aromatic carbocycles. The lowest BCUT2D eigenvalue weighted by Gasteiger charge is -2.07. The molecule has 1 amide bonds. The van der Waals surface area contributed by atoms with Gasteiger partial charge >= 0.3 is 0 Å². The fourth-order valence-corrected chi connectivity index (χ4v) is 2.69. The summed E-state index contributed by atoms with van der Waals surface area (Å²) in [5.74, 6) is 1.15. The molecule has 0 bridgehead atoms. The van der Waals surface area contributed by atoms with E-state index in [1.54, 1.807) is 6.21 Å². The average molecular weight is 388 g/mol. The Morgan fingerprint density at radius 1 is 0.966 bits per heavy atom. The molecule has 0 aliphatic rings. The Morgan fingerprint density at radius 3 is 2.52 bits per heavy atom. The summed E-state index contributed by atoms with van der Waals surface area (Å²) in [7, 11) is 0. The van der Waals surface area contributed by atoms with E-state index in [4.69, 9.17) is 9.47 Å². The third-order valence-electron chi connectivity index (χ3n) is 4.22. The van der Waals surface area contributed by atoms with Gasteiger partial charge in [-0.05, 0) is 60.9 Å². The maximum Gasteiger partial charge on any atom is 0.277 e. The van der Waals surface area contributed by atoms with Crippen molar-refractivity contribution in [1.29, 1.82) is 0 Å². The van der Waals surface area contributed by atoms with E-state index in [9.17, 15) is 4.79 Å². The molecule has 0 fully saturated rings. The molecule has 148 valence electrons. The van der Waals surface area contributed by atoms with Gasteiger partial charge < -0.3 is 9.47 Å². The SMILES string of the molecule is Cc1cccc(COc2ccc(C=NNC(=O)COc3ccccc3C)cc2)c1. The molecule has 0 spiro atoms. The lowest BCUT2D eigenvalue weighted by Crippen LogP contribution is -2.24. The first-order valence-corrected chi connectivity index (χ1v) is 9.39. The lowest BCUT2D eigenvalue weighted by atomic mass is 10.1. The number of benzene rings is 3. The van der Waals surface area contributed by atoms with Gasteiger partial charge in [-0.1, -0.05) is 48.0 Å². The summed E-state index contributed by atoms with van der Waals surface area (Å²) in [6.07, 6.45) is 1.58. The van der Waals surface area contributed by atoms with E-state index >= 15 is 0 Å². The molecule has 3 rings (SSSR count). The molecule has 3 aromatic rings. The van der Waals surface area contributed by atoms with Gasteiger partial charge in [0.1, 0.15) is 18.1 Å². The summed E-state index contributed by atoms with van der Waals surface area (Å²) in [5.41, 5.74) is 6.64. The third-order valence-corrected chi connectivity index (χ3v) is 4.22. The molecule has 29 heavy (non-hydrogen) atoms. The van der Waals surface area contributed by atoms with Gasteiger partial charge in [-0.25, -0.2) is 5.43 Å². The van der Waals surface area contributed by atoms with Gasteiger partial charge in [0.25, 0.3) is 5.91 Å². The van der Waals surface area contributed by atoms with Crippen molar-refractivity contribution in [2.75, 3.05) is 6.61 Å². The largest absolute Gasteiger partial charge is 0.489 e. The van der Waals surface area contributed by atoms with E-state index < -0.39 is 0 Å². The van der Waals surface area contributed by atoms with Crippen molar-refractivity contribution in [3.63, 3.8) is 0 Å². The van der Waals surface area contributed by atoms with Gasteiger partial charge in [0.15, 0.2) is 6.61 Å². The molecule has 0 atom stereocenters. The number of aryl methyl sites for hydroxylation is 2. The second-order valence-electron chi connectivity index (χ2n) is 6.69. The van der Waals surface area contributed by atoms with Gasteiger partial charge in [0, 0.05) is 0 Å². The minimum Gasteiger partial charge on any atom is -0.489 e. The van der Waals surface area contributed by atoms with E-state index in [2.05, 4.69) is 29.6 Å². The highest BCUT2D eigenvalue weighted by molar-refractivity contribution is 5.83. The Kier molecular flexibility index (Phi) is 7.00. The van der Waals surface area contributed by atoms with Crippen LogP contribution in [0, 0.1) is 13.8 Å². The molecule has 0 unspecified atom stereocenters. The molecular formula is C24H24N2O3. The fraction of sp³-hybridized carbons (Fsp3) is 0.167. The monoisotopic (exact) mass is 388 g/mol. The molecule has 5 heteroatoms. The molecule has 0 aromatic heterocycles. The molecule has 1 N–H and O–H groups in total. The first kappa shape index (κ1) is 20.1. The number of ether oxygens (including phenoxy) is 2. The van der Waals surface area contributed by atoms with Gasteiger partial charge in [-0.15, -0.1) is 0 Å². The molecule has 5 nitrogen and oxygen atoms in total. The van der Waals surface area contributed by atoms with Crippen molar-refractivity contribution >= 4 is 12.1 Å². The number of nitrogens with zero attached hydrogens (tertiary/aromatic N) is 1. The molecule has 0 aliphatic carbocycles. The second kappa shape index (κ2) is 10.1. The number of amides is 1. The first-order chi connectivity index (χ1) is 14.1. The van der Waals surface area contributed by atoms with Crippen LogP contribution in [0.4, 0.5) is 0 Å². The standard InChI is InChI=1S/C24H24N2O3/c1-18-6-5-8-21(14-18)16-28-22-12-10-20(11-13-22)15-25-26-24(27)17-29-23-9-4-3-7-19(23)2/h3-15H,16-17H2,1-2H3,(H,26,27). The van der Waals surface area contributed by atoms with Crippen LogP contribution in [0.1, 0.15) is 22.3 Å². The minimum absolute atomic E-state index is 0.0894. The molecule has 0 saturated heterocycles. The van der Waals surface area contributed by atoms with Gasteiger partial charge in [0.2, 0.25) is 0 Å². The average Bonchev–Trinajstić information content (AvgIpc) is 2.73. The molecule has 0 saturated carbocycles. The van der Waals surface area contributed by atoms with Crippen molar-refractivity contribution in [2.24, 2.45) is 5.10 Å². The quantitative estimate of drug-likeness (QED) is 0.459. The molecular weight excluding hydrogens is 364 g/mol. The number of para-hydroxylation sites is 1. The summed E-state index contributed by atoms with van der Waals surface area (Å²) in [6, 6.07) is 23.3. The number of carbonyl (C=O) groups is 1. The number of hydrogen-bond acceptors (Lipinski definition) is 4. The van der Waals surface area contributed by atoms with E-state index in [1.807, 2.05) is 67.6 Å². The highest BCUT2D eigenvalue weighted by atomic mass is 16.5. The highest BCUT2D eigenvalue weighted by Crippen LogP contribution is 2.16. The summed E-state index contributed by atoms with van der Waals surface area (Å²) in [6.45, 7) is 4.42. The van der Waals surface area contributed by atoms with Crippen LogP contribution in [0.25, 0.3) is 0 Å². The Morgan fingerprint density at radius 2 is 1.76 bits per heavy atom. The predicted molar refractivity (Wildman–Crippen MR) is 114 cm³/mol. The van der Waals surface area contributed by atoms with Crippen LogP contribution in [0.3, 0.4) is 0 Å². The second-order valence-corrected chi connectivity index (χ2v) is 6.69. The zero-order chi connectivity index (χ0) is 20.5. The van der Waals surface area contributed by atoms with Crippen LogP contribution in [0.5, 0.6) is 11.5 Å². The maximum absolute atomic E-state index is 11.8. The first-order valence-electron chi connectivity index (χ1n) is 9.39. The fourth-order valence-electron chi connectivity index (χ4n) is 2.69. The van der Waals surface area contributed by atoms with E-state index in [-0.39, 0.29) is 12.5 Å². The van der Waals surface area contributed by atoms with Crippen molar-refractivity contribution in [1.82, 2.24) is 5.43 Å².